The summed E-state index contributed by atoms with van der Waals surface area (Å²) in [6, 6.07) is 4.40. The summed E-state index contributed by atoms with van der Waals surface area (Å²) in [4.78, 5) is 27.3. The maximum atomic E-state index is 12.7. The minimum atomic E-state index is -3.93. The monoisotopic (exact) mass is 397 g/mol. The number of rotatable bonds is 7. The second-order valence-corrected chi connectivity index (χ2v) is 8.39. The topological polar surface area (TPSA) is 96.0 Å². The third-order valence-corrected chi connectivity index (χ3v) is 5.96. The van der Waals surface area contributed by atoms with Gasteiger partial charge in [0.1, 0.15) is 10.6 Å². The number of methoxy groups -OCH3 is 1. The molecule has 0 unspecified atom stereocenters. The number of piperidine rings is 1. The van der Waals surface area contributed by atoms with E-state index in [2.05, 4.69) is 4.72 Å². The lowest BCUT2D eigenvalue weighted by molar-refractivity contribution is -0.128. The lowest BCUT2D eigenvalue weighted by Crippen LogP contribution is -2.35. The Hall–Kier alpha value is -2.13. The largest absolute Gasteiger partial charge is 0.495 e. The molecule has 2 amide bonds. The van der Waals surface area contributed by atoms with Crippen molar-refractivity contribution in [2.24, 2.45) is 0 Å². The molecule has 27 heavy (non-hydrogen) atoms. The Kier molecular flexibility index (Phi) is 7.20. The fourth-order valence-electron chi connectivity index (χ4n) is 2.89. The normalized spacial score (nSPS) is 14.7. The van der Waals surface area contributed by atoms with Gasteiger partial charge >= 0.3 is 0 Å². The number of hydrogen-bond acceptors (Lipinski definition) is 5. The van der Waals surface area contributed by atoms with E-state index in [1.165, 1.54) is 24.1 Å². The zero-order valence-corrected chi connectivity index (χ0v) is 16.8. The summed E-state index contributed by atoms with van der Waals surface area (Å²) in [5.74, 6) is -0.216. The first-order valence-electron chi connectivity index (χ1n) is 8.93. The van der Waals surface area contributed by atoms with Crippen molar-refractivity contribution in [2.45, 2.75) is 30.6 Å². The van der Waals surface area contributed by atoms with E-state index in [0.29, 0.717) is 18.7 Å². The Labute approximate surface area is 160 Å². The molecule has 1 aromatic rings. The molecule has 150 valence electrons. The average Bonchev–Trinajstić information content (AvgIpc) is 2.67. The molecule has 1 aliphatic rings. The first kappa shape index (κ1) is 21.2. The maximum absolute atomic E-state index is 12.7. The zero-order chi connectivity index (χ0) is 20.0. The fourth-order valence-corrected chi connectivity index (χ4v) is 4.12. The van der Waals surface area contributed by atoms with E-state index < -0.39 is 10.0 Å². The predicted octanol–water partition coefficient (Wildman–Crippen LogP) is 1.08. The van der Waals surface area contributed by atoms with Gasteiger partial charge in [0.15, 0.2) is 0 Å². The van der Waals surface area contributed by atoms with Gasteiger partial charge in [0.25, 0.3) is 5.91 Å². The number of hydrogen-bond donors (Lipinski definition) is 1. The predicted molar refractivity (Wildman–Crippen MR) is 101 cm³/mol. The molecular formula is C18H27N3O5S. The minimum Gasteiger partial charge on any atom is -0.495 e. The van der Waals surface area contributed by atoms with Crippen LogP contribution in [0.5, 0.6) is 5.75 Å². The Morgan fingerprint density at radius 3 is 2.44 bits per heavy atom. The summed E-state index contributed by atoms with van der Waals surface area (Å²) in [5.41, 5.74) is 0.308. The van der Waals surface area contributed by atoms with Crippen LogP contribution in [0.3, 0.4) is 0 Å². The quantitative estimate of drug-likeness (QED) is 0.743. The summed E-state index contributed by atoms with van der Waals surface area (Å²) in [6.45, 7) is 1.32. The summed E-state index contributed by atoms with van der Waals surface area (Å²) >= 11 is 0. The Morgan fingerprint density at radius 2 is 1.85 bits per heavy atom. The summed E-state index contributed by atoms with van der Waals surface area (Å²) in [6.07, 6.45) is 3.05. The molecule has 0 saturated carbocycles. The van der Waals surface area contributed by atoms with E-state index in [1.54, 1.807) is 25.1 Å². The van der Waals surface area contributed by atoms with Gasteiger partial charge in [-0.05, 0) is 37.5 Å². The van der Waals surface area contributed by atoms with Gasteiger partial charge in [-0.2, -0.15) is 0 Å². The molecule has 1 aromatic carbocycles. The van der Waals surface area contributed by atoms with E-state index in [9.17, 15) is 18.0 Å². The van der Waals surface area contributed by atoms with Gasteiger partial charge in [-0.1, -0.05) is 0 Å². The van der Waals surface area contributed by atoms with Gasteiger partial charge in [0.2, 0.25) is 15.9 Å². The molecule has 0 aromatic heterocycles. The van der Waals surface area contributed by atoms with Crippen LogP contribution in [-0.4, -0.2) is 70.9 Å². The van der Waals surface area contributed by atoms with E-state index in [4.69, 9.17) is 4.74 Å². The average molecular weight is 397 g/mol. The number of amides is 2. The third kappa shape index (κ3) is 5.43. The van der Waals surface area contributed by atoms with Crippen molar-refractivity contribution in [3.8, 4) is 5.75 Å². The highest BCUT2D eigenvalue weighted by molar-refractivity contribution is 7.89. The highest BCUT2D eigenvalue weighted by Gasteiger charge is 2.24. The second-order valence-electron chi connectivity index (χ2n) is 6.65. The van der Waals surface area contributed by atoms with Crippen LogP contribution in [0.15, 0.2) is 23.1 Å². The number of likely N-dealkylation sites (tertiary alicyclic amines) is 1. The molecule has 8 nitrogen and oxygen atoms in total. The van der Waals surface area contributed by atoms with Crippen molar-refractivity contribution in [3.63, 3.8) is 0 Å². The van der Waals surface area contributed by atoms with E-state index in [0.717, 1.165) is 19.3 Å². The van der Waals surface area contributed by atoms with Crippen LogP contribution in [0.2, 0.25) is 0 Å². The van der Waals surface area contributed by atoms with Gasteiger partial charge < -0.3 is 14.5 Å². The van der Waals surface area contributed by atoms with E-state index in [1.807, 2.05) is 0 Å². The van der Waals surface area contributed by atoms with Crippen LogP contribution in [0.1, 0.15) is 36.0 Å². The lowest BCUT2D eigenvalue weighted by atomic mass is 10.1. The molecule has 1 N–H and O–H groups in total. The number of carbonyl (C=O) groups excluding carboxylic acids is 2. The van der Waals surface area contributed by atoms with Crippen molar-refractivity contribution in [3.05, 3.63) is 23.8 Å². The highest BCUT2D eigenvalue weighted by atomic mass is 32.2. The molecule has 1 fully saturated rings. The number of ether oxygens (including phenoxy) is 1. The van der Waals surface area contributed by atoms with Crippen molar-refractivity contribution >= 4 is 21.8 Å². The van der Waals surface area contributed by atoms with Crippen LogP contribution in [0.25, 0.3) is 0 Å². The summed E-state index contributed by atoms with van der Waals surface area (Å²) in [5, 5.41) is 0. The van der Waals surface area contributed by atoms with Crippen LogP contribution >= 0.6 is 0 Å². The van der Waals surface area contributed by atoms with Crippen LogP contribution in [0.4, 0.5) is 0 Å². The molecule has 1 saturated heterocycles. The smallest absolute Gasteiger partial charge is 0.253 e. The van der Waals surface area contributed by atoms with Gasteiger partial charge in [-0.15, -0.1) is 0 Å². The van der Waals surface area contributed by atoms with E-state index >= 15 is 0 Å². The number of benzene rings is 1. The molecule has 2 rings (SSSR count). The molecule has 0 radical (unpaired) electrons. The molecule has 0 spiro atoms. The van der Waals surface area contributed by atoms with Crippen molar-refractivity contribution in [2.75, 3.05) is 40.8 Å². The Bertz CT molecular complexity index is 786. The maximum Gasteiger partial charge on any atom is 0.253 e. The Morgan fingerprint density at radius 1 is 1.19 bits per heavy atom. The van der Waals surface area contributed by atoms with Gasteiger partial charge in [0.05, 0.1) is 7.11 Å². The van der Waals surface area contributed by atoms with Crippen LogP contribution in [-0.2, 0) is 14.8 Å². The van der Waals surface area contributed by atoms with Crippen molar-refractivity contribution < 1.29 is 22.7 Å². The second kappa shape index (κ2) is 9.18. The van der Waals surface area contributed by atoms with Gasteiger partial charge in [-0.3, -0.25) is 9.59 Å². The molecule has 0 bridgehead atoms. The molecule has 9 heteroatoms. The first-order valence-corrected chi connectivity index (χ1v) is 10.4. The standard InChI is InChI=1S/C18H27N3O5S/c1-20(2)17(22)9-10-19-27(24,25)16-13-14(7-8-15(16)26-3)18(23)21-11-5-4-6-12-21/h7-8,13,19H,4-6,9-12H2,1-3H3. The Balaban J connectivity index is 2.20. The van der Waals surface area contributed by atoms with Crippen LogP contribution < -0.4 is 9.46 Å². The minimum absolute atomic E-state index is 0.0349. The first-order chi connectivity index (χ1) is 12.8. The molecule has 1 aliphatic heterocycles. The van der Waals surface area contributed by atoms with Gasteiger partial charge in [0, 0.05) is 45.7 Å². The van der Waals surface area contributed by atoms with Crippen molar-refractivity contribution in [1.82, 2.24) is 14.5 Å². The highest BCUT2D eigenvalue weighted by Crippen LogP contribution is 2.26. The molecule has 0 aliphatic carbocycles. The lowest BCUT2D eigenvalue weighted by Gasteiger charge is -2.27. The third-order valence-electron chi connectivity index (χ3n) is 4.47. The van der Waals surface area contributed by atoms with E-state index in [-0.39, 0.29) is 35.4 Å². The summed E-state index contributed by atoms with van der Waals surface area (Å²) < 4.78 is 32.9. The number of sulfonamides is 1. The number of nitrogens with zero attached hydrogens (tertiary/aromatic N) is 2. The fraction of sp³-hybridized carbons (Fsp3) is 0.556. The van der Waals surface area contributed by atoms with Crippen molar-refractivity contribution in [1.29, 1.82) is 0 Å². The zero-order valence-electron chi connectivity index (χ0n) is 16.0. The molecule has 1 heterocycles. The molecule has 0 atom stereocenters. The molecular weight excluding hydrogens is 370 g/mol. The SMILES string of the molecule is COc1ccc(C(=O)N2CCCCC2)cc1S(=O)(=O)NCCC(=O)N(C)C. The number of nitrogens with one attached hydrogen (secondary N) is 1. The van der Waals surface area contributed by atoms with Crippen LogP contribution in [0, 0.1) is 0 Å². The van der Waals surface area contributed by atoms with Gasteiger partial charge in [-0.25, -0.2) is 13.1 Å². The number of carbonyl (C=O) groups is 2. The summed E-state index contributed by atoms with van der Waals surface area (Å²) in [7, 11) is 0.657.